The molecule has 0 saturated carbocycles. The van der Waals surface area contributed by atoms with Crippen LogP contribution < -0.4 is 15.8 Å². The molecular weight excluding hydrogens is 332 g/mol. The smallest absolute Gasteiger partial charge is 0.224 e. The number of amides is 1. The predicted octanol–water partition coefficient (Wildman–Crippen LogP) is 3.50. The highest BCUT2D eigenvalue weighted by Gasteiger charge is 2.17. The topological polar surface area (TPSA) is 64.3 Å². The summed E-state index contributed by atoms with van der Waals surface area (Å²) in [4.78, 5) is 11.5. The summed E-state index contributed by atoms with van der Waals surface area (Å²) in [7, 11) is 0. The van der Waals surface area contributed by atoms with Crippen LogP contribution in [0.15, 0.2) is 40.9 Å². The number of carbonyl (C=O) groups excluding carboxylic acids is 1. The van der Waals surface area contributed by atoms with Crippen molar-refractivity contribution in [1.82, 2.24) is 0 Å². The number of hydrogen-bond acceptors (Lipinski definition) is 3. The van der Waals surface area contributed by atoms with Crippen molar-refractivity contribution in [3.63, 3.8) is 0 Å². The Bertz CT molecular complexity index is 701. The second kappa shape index (κ2) is 5.77. The van der Waals surface area contributed by atoms with Gasteiger partial charge >= 0.3 is 0 Å². The zero-order chi connectivity index (χ0) is 14.8. The monoisotopic (exact) mass is 346 g/mol. The first-order valence-corrected chi connectivity index (χ1v) is 7.50. The van der Waals surface area contributed by atoms with Crippen LogP contribution in [0.5, 0.6) is 5.75 Å². The summed E-state index contributed by atoms with van der Waals surface area (Å²) >= 11 is 3.43. The van der Waals surface area contributed by atoms with Gasteiger partial charge in [0.25, 0.3) is 0 Å². The van der Waals surface area contributed by atoms with E-state index in [2.05, 4.69) is 21.2 Å². The summed E-state index contributed by atoms with van der Waals surface area (Å²) in [6.07, 6.45) is 1.22. The Morgan fingerprint density at radius 3 is 2.90 bits per heavy atom. The highest BCUT2D eigenvalue weighted by molar-refractivity contribution is 9.10. The van der Waals surface area contributed by atoms with Gasteiger partial charge in [0.15, 0.2) is 0 Å². The molecule has 3 N–H and O–H groups in total. The van der Waals surface area contributed by atoms with Gasteiger partial charge in [0.05, 0.1) is 5.69 Å². The van der Waals surface area contributed by atoms with Gasteiger partial charge in [-0.1, -0.05) is 28.1 Å². The Hall–Kier alpha value is -2.01. The molecule has 4 nitrogen and oxygen atoms in total. The third-order valence-corrected chi connectivity index (χ3v) is 3.91. The number of rotatable bonds is 3. The lowest BCUT2D eigenvalue weighted by Gasteiger charge is -2.19. The van der Waals surface area contributed by atoms with E-state index in [9.17, 15) is 4.79 Å². The van der Waals surface area contributed by atoms with Gasteiger partial charge in [0.1, 0.15) is 12.4 Å². The normalized spacial score (nSPS) is 13.5. The van der Waals surface area contributed by atoms with Crippen molar-refractivity contribution in [2.24, 2.45) is 0 Å². The number of nitrogen functional groups attached to an aromatic ring is 1. The molecule has 0 radical (unpaired) electrons. The minimum absolute atomic E-state index is 0.0326. The van der Waals surface area contributed by atoms with Gasteiger partial charge in [0, 0.05) is 22.6 Å². The molecule has 21 heavy (non-hydrogen) atoms. The summed E-state index contributed by atoms with van der Waals surface area (Å²) in [5.41, 5.74) is 9.52. The summed E-state index contributed by atoms with van der Waals surface area (Å²) in [6.45, 7) is 0.427. The molecule has 1 amide bonds. The number of fused-ring (bicyclic) bond motifs is 1. The van der Waals surface area contributed by atoms with Crippen molar-refractivity contribution in [2.45, 2.75) is 19.4 Å². The second-order valence-electron chi connectivity index (χ2n) is 5.01. The number of halogens is 1. The molecular formula is C16H15BrN2O2. The Balaban J connectivity index is 1.79. The first kappa shape index (κ1) is 13.9. The minimum atomic E-state index is 0.0326. The number of nitrogens with one attached hydrogen (secondary N) is 1. The summed E-state index contributed by atoms with van der Waals surface area (Å²) in [6, 6.07) is 11.6. The number of benzene rings is 2. The third-order valence-electron chi connectivity index (χ3n) is 3.41. The summed E-state index contributed by atoms with van der Waals surface area (Å²) in [5.74, 6) is 0.626. The molecule has 0 spiro atoms. The van der Waals surface area contributed by atoms with Crippen molar-refractivity contribution in [3.8, 4) is 5.75 Å². The molecule has 108 valence electrons. The van der Waals surface area contributed by atoms with Crippen molar-refractivity contribution in [1.29, 1.82) is 0 Å². The van der Waals surface area contributed by atoms with E-state index >= 15 is 0 Å². The number of carbonyl (C=O) groups is 1. The van der Waals surface area contributed by atoms with Crippen molar-refractivity contribution >= 4 is 33.2 Å². The van der Waals surface area contributed by atoms with Gasteiger partial charge < -0.3 is 15.8 Å². The van der Waals surface area contributed by atoms with E-state index < -0.39 is 0 Å². The average molecular weight is 347 g/mol. The van der Waals surface area contributed by atoms with Crippen LogP contribution in [0.2, 0.25) is 0 Å². The highest BCUT2D eigenvalue weighted by Crippen LogP contribution is 2.33. The molecule has 1 aliphatic heterocycles. The molecule has 0 fully saturated rings. The molecule has 3 rings (SSSR count). The maximum absolute atomic E-state index is 11.5. The van der Waals surface area contributed by atoms with E-state index in [1.54, 1.807) is 6.07 Å². The van der Waals surface area contributed by atoms with Gasteiger partial charge in [-0.25, -0.2) is 0 Å². The van der Waals surface area contributed by atoms with Gasteiger partial charge in [-0.05, 0) is 35.7 Å². The standard InChI is InChI=1S/C16H15BrN2O2/c17-12-3-1-2-10(6-12)9-21-15-8-14-11(7-13(15)18)4-5-16(20)19-14/h1-3,6-8H,4-5,9,18H2,(H,19,20). The Labute approximate surface area is 131 Å². The largest absolute Gasteiger partial charge is 0.487 e. The fraction of sp³-hybridized carbons (Fsp3) is 0.188. The van der Waals surface area contributed by atoms with E-state index in [-0.39, 0.29) is 5.91 Å². The fourth-order valence-corrected chi connectivity index (χ4v) is 2.79. The van der Waals surface area contributed by atoms with Crippen molar-refractivity contribution < 1.29 is 9.53 Å². The maximum Gasteiger partial charge on any atom is 0.224 e. The zero-order valence-electron chi connectivity index (χ0n) is 11.4. The molecule has 0 aromatic heterocycles. The van der Waals surface area contributed by atoms with Gasteiger partial charge in [-0.3, -0.25) is 4.79 Å². The highest BCUT2D eigenvalue weighted by atomic mass is 79.9. The lowest BCUT2D eigenvalue weighted by atomic mass is 10.0. The van der Waals surface area contributed by atoms with Crippen LogP contribution in [0, 0.1) is 0 Å². The van der Waals surface area contributed by atoms with E-state index in [0.29, 0.717) is 24.5 Å². The van der Waals surface area contributed by atoms with Crippen LogP contribution in [0.1, 0.15) is 17.5 Å². The van der Waals surface area contributed by atoms with E-state index in [1.807, 2.05) is 30.3 Å². The Morgan fingerprint density at radius 1 is 1.24 bits per heavy atom. The van der Waals surface area contributed by atoms with Gasteiger partial charge in [-0.2, -0.15) is 0 Å². The molecule has 0 atom stereocenters. The fourth-order valence-electron chi connectivity index (χ4n) is 2.34. The lowest BCUT2D eigenvalue weighted by molar-refractivity contribution is -0.116. The first-order chi connectivity index (χ1) is 10.1. The number of hydrogen-bond donors (Lipinski definition) is 2. The Kier molecular flexibility index (Phi) is 3.84. The predicted molar refractivity (Wildman–Crippen MR) is 86.3 cm³/mol. The Morgan fingerprint density at radius 2 is 2.10 bits per heavy atom. The quantitative estimate of drug-likeness (QED) is 0.836. The number of aryl methyl sites for hydroxylation is 1. The molecule has 5 heteroatoms. The molecule has 0 unspecified atom stereocenters. The van der Waals surface area contributed by atoms with Crippen molar-refractivity contribution in [3.05, 3.63) is 52.0 Å². The minimum Gasteiger partial charge on any atom is -0.487 e. The molecule has 2 aromatic carbocycles. The lowest BCUT2D eigenvalue weighted by Crippen LogP contribution is -2.19. The number of ether oxygens (including phenoxy) is 1. The average Bonchev–Trinajstić information content (AvgIpc) is 2.45. The maximum atomic E-state index is 11.5. The third kappa shape index (κ3) is 3.19. The van der Waals surface area contributed by atoms with Gasteiger partial charge in [0.2, 0.25) is 5.91 Å². The van der Waals surface area contributed by atoms with Gasteiger partial charge in [-0.15, -0.1) is 0 Å². The van der Waals surface area contributed by atoms with Crippen LogP contribution in [-0.4, -0.2) is 5.91 Å². The molecule has 0 bridgehead atoms. The van der Waals surface area contributed by atoms with Crippen LogP contribution in [0.25, 0.3) is 0 Å². The number of anilines is 2. The zero-order valence-corrected chi connectivity index (χ0v) is 12.9. The SMILES string of the molecule is Nc1cc2c(cc1OCc1cccc(Br)c1)NC(=O)CC2. The van der Waals surface area contributed by atoms with Crippen LogP contribution in [0.3, 0.4) is 0 Å². The van der Waals surface area contributed by atoms with E-state index in [1.165, 1.54) is 0 Å². The molecule has 1 aliphatic rings. The van der Waals surface area contributed by atoms with Crippen molar-refractivity contribution in [2.75, 3.05) is 11.1 Å². The first-order valence-electron chi connectivity index (χ1n) is 6.71. The molecule has 0 saturated heterocycles. The van der Waals surface area contributed by atoms with Crippen LogP contribution >= 0.6 is 15.9 Å². The van der Waals surface area contributed by atoms with Crippen LogP contribution in [-0.2, 0) is 17.8 Å². The molecule has 2 aromatic rings. The summed E-state index contributed by atoms with van der Waals surface area (Å²) < 4.78 is 6.79. The molecule has 0 aliphatic carbocycles. The molecule has 1 heterocycles. The van der Waals surface area contributed by atoms with Crippen LogP contribution in [0.4, 0.5) is 11.4 Å². The summed E-state index contributed by atoms with van der Waals surface area (Å²) in [5, 5.41) is 2.85. The van der Waals surface area contributed by atoms with E-state index in [4.69, 9.17) is 10.5 Å². The number of nitrogens with two attached hydrogens (primary N) is 1. The van der Waals surface area contributed by atoms with E-state index in [0.717, 1.165) is 27.7 Å². The second-order valence-corrected chi connectivity index (χ2v) is 5.93.